The highest BCUT2D eigenvalue weighted by molar-refractivity contribution is 7.89. The van der Waals surface area contributed by atoms with Crippen LogP contribution in [0.3, 0.4) is 0 Å². The first-order valence-corrected chi connectivity index (χ1v) is 8.23. The first kappa shape index (κ1) is 16.2. The fraction of sp³-hybridized carbons (Fsp3) is 0.188. The van der Waals surface area contributed by atoms with Crippen LogP contribution in [0.25, 0.3) is 0 Å². The van der Waals surface area contributed by atoms with E-state index in [4.69, 9.17) is 0 Å². The summed E-state index contributed by atoms with van der Waals surface area (Å²) < 4.78 is 25.8. The van der Waals surface area contributed by atoms with Crippen molar-refractivity contribution in [3.63, 3.8) is 0 Å². The molecule has 5 nitrogen and oxygen atoms in total. The standard InChI is InChI=1S/C16H18N2O3S/c1-11-7-12(2)9-14(8-11)18-16(19)13-5-4-6-15(10-13)22(20,21)17-3/h4-10,17H,1-3H3,(H,18,19). The molecule has 0 bridgehead atoms. The molecule has 1 amide bonds. The summed E-state index contributed by atoms with van der Waals surface area (Å²) in [7, 11) is -2.24. The van der Waals surface area contributed by atoms with Crippen molar-refractivity contribution < 1.29 is 13.2 Å². The lowest BCUT2D eigenvalue weighted by molar-refractivity contribution is 0.102. The maximum atomic E-state index is 12.3. The molecule has 0 saturated carbocycles. The number of amides is 1. The maximum absolute atomic E-state index is 12.3. The number of carbonyl (C=O) groups excluding carboxylic acids is 1. The van der Waals surface area contributed by atoms with Crippen molar-refractivity contribution in [3.05, 3.63) is 59.2 Å². The fourth-order valence-corrected chi connectivity index (χ4v) is 2.95. The summed E-state index contributed by atoms with van der Waals surface area (Å²) in [5, 5.41) is 2.78. The molecule has 0 spiro atoms. The summed E-state index contributed by atoms with van der Waals surface area (Å²) in [6, 6.07) is 11.6. The van der Waals surface area contributed by atoms with Gasteiger partial charge in [-0.1, -0.05) is 12.1 Å². The summed E-state index contributed by atoms with van der Waals surface area (Å²) in [5.41, 5.74) is 3.06. The average Bonchev–Trinajstić information content (AvgIpc) is 2.46. The van der Waals surface area contributed by atoms with E-state index < -0.39 is 10.0 Å². The van der Waals surface area contributed by atoms with Gasteiger partial charge in [0.05, 0.1) is 4.90 Å². The maximum Gasteiger partial charge on any atom is 0.255 e. The molecule has 22 heavy (non-hydrogen) atoms. The second kappa shape index (κ2) is 6.29. The zero-order valence-corrected chi connectivity index (χ0v) is 13.5. The van der Waals surface area contributed by atoms with Crippen LogP contribution in [-0.2, 0) is 10.0 Å². The second-order valence-electron chi connectivity index (χ2n) is 5.07. The van der Waals surface area contributed by atoms with Crippen LogP contribution in [0.5, 0.6) is 0 Å². The van der Waals surface area contributed by atoms with Crippen LogP contribution < -0.4 is 10.0 Å². The van der Waals surface area contributed by atoms with Crippen LogP contribution in [0.1, 0.15) is 21.5 Å². The van der Waals surface area contributed by atoms with Crippen molar-refractivity contribution in [1.82, 2.24) is 4.72 Å². The molecule has 0 radical (unpaired) electrons. The summed E-state index contributed by atoms with van der Waals surface area (Å²) in [5.74, 6) is -0.349. The first-order chi connectivity index (χ1) is 10.3. The Bertz CT molecular complexity index is 794. The monoisotopic (exact) mass is 318 g/mol. The van der Waals surface area contributed by atoms with Crippen molar-refractivity contribution in [2.45, 2.75) is 18.7 Å². The average molecular weight is 318 g/mol. The lowest BCUT2D eigenvalue weighted by Gasteiger charge is -2.09. The molecule has 2 aromatic carbocycles. The number of rotatable bonds is 4. The topological polar surface area (TPSA) is 75.3 Å². The molecule has 0 heterocycles. The Morgan fingerprint density at radius 1 is 1.00 bits per heavy atom. The van der Waals surface area contributed by atoms with E-state index in [1.54, 1.807) is 12.1 Å². The van der Waals surface area contributed by atoms with Gasteiger partial charge in [-0.3, -0.25) is 4.79 Å². The van der Waals surface area contributed by atoms with Gasteiger partial charge in [0.15, 0.2) is 0 Å². The Balaban J connectivity index is 2.28. The molecule has 116 valence electrons. The Kier molecular flexibility index (Phi) is 4.63. The largest absolute Gasteiger partial charge is 0.322 e. The van der Waals surface area contributed by atoms with Crippen LogP contribution in [0.4, 0.5) is 5.69 Å². The minimum Gasteiger partial charge on any atom is -0.322 e. The van der Waals surface area contributed by atoms with Crippen LogP contribution in [0.2, 0.25) is 0 Å². The van der Waals surface area contributed by atoms with E-state index in [9.17, 15) is 13.2 Å². The number of anilines is 1. The van der Waals surface area contributed by atoms with Gasteiger partial charge in [-0.25, -0.2) is 13.1 Å². The first-order valence-electron chi connectivity index (χ1n) is 6.75. The number of benzene rings is 2. The molecule has 0 saturated heterocycles. The number of hydrogen-bond acceptors (Lipinski definition) is 3. The summed E-state index contributed by atoms with van der Waals surface area (Å²) in [6.45, 7) is 3.89. The minimum atomic E-state index is -3.57. The zero-order chi connectivity index (χ0) is 16.3. The smallest absolute Gasteiger partial charge is 0.255 e. The van der Waals surface area contributed by atoms with Crippen molar-refractivity contribution in [2.75, 3.05) is 12.4 Å². The molecule has 0 aromatic heterocycles. The third-order valence-corrected chi connectivity index (χ3v) is 4.57. The molecule has 2 rings (SSSR count). The zero-order valence-electron chi connectivity index (χ0n) is 12.7. The van der Waals surface area contributed by atoms with Gasteiger partial charge in [0.25, 0.3) is 5.91 Å². The molecule has 6 heteroatoms. The van der Waals surface area contributed by atoms with E-state index in [-0.39, 0.29) is 16.4 Å². The van der Waals surface area contributed by atoms with Gasteiger partial charge < -0.3 is 5.32 Å². The number of nitrogens with one attached hydrogen (secondary N) is 2. The highest BCUT2D eigenvalue weighted by atomic mass is 32.2. The van der Waals surface area contributed by atoms with E-state index in [1.807, 2.05) is 32.0 Å². The van der Waals surface area contributed by atoms with Crippen LogP contribution in [-0.4, -0.2) is 21.4 Å². The van der Waals surface area contributed by atoms with Gasteiger partial charge in [0, 0.05) is 11.3 Å². The molecule has 2 aromatic rings. The Morgan fingerprint density at radius 3 is 2.23 bits per heavy atom. The highest BCUT2D eigenvalue weighted by Crippen LogP contribution is 2.16. The molecule has 0 aliphatic carbocycles. The normalized spacial score (nSPS) is 11.2. The van der Waals surface area contributed by atoms with Gasteiger partial charge in [-0.15, -0.1) is 0 Å². The Morgan fingerprint density at radius 2 is 1.64 bits per heavy atom. The summed E-state index contributed by atoms with van der Waals surface area (Å²) >= 11 is 0. The minimum absolute atomic E-state index is 0.0584. The number of hydrogen-bond donors (Lipinski definition) is 2. The van der Waals surface area contributed by atoms with E-state index >= 15 is 0 Å². The lowest BCUT2D eigenvalue weighted by atomic mass is 10.1. The van der Waals surface area contributed by atoms with Crippen molar-refractivity contribution in [1.29, 1.82) is 0 Å². The van der Waals surface area contributed by atoms with Gasteiger partial charge in [-0.2, -0.15) is 0 Å². The molecular weight excluding hydrogens is 300 g/mol. The predicted molar refractivity (Wildman–Crippen MR) is 86.6 cm³/mol. The molecule has 0 aliphatic rings. The third-order valence-electron chi connectivity index (χ3n) is 3.15. The summed E-state index contributed by atoms with van der Waals surface area (Å²) in [6.07, 6.45) is 0. The van der Waals surface area contributed by atoms with E-state index in [0.717, 1.165) is 11.1 Å². The van der Waals surface area contributed by atoms with Gasteiger partial charge >= 0.3 is 0 Å². The number of sulfonamides is 1. The number of aryl methyl sites for hydroxylation is 2. The van der Waals surface area contributed by atoms with Crippen molar-refractivity contribution in [3.8, 4) is 0 Å². The van der Waals surface area contributed by atoms with Crippen molar-refractivity contribution >= 4 is 21.6 Å². The van der Waals surface area contributed by atoms with E-state index in [2.05, 4.69) is 10.0 Å². The second-order valence-corrected chi connectivity index (χ2v) is 6.95. The number of carbonyl (C=O) groups is 1. The van der Waals surface area contributed by atoms with Gasteiger partial charge in [0.2, 0.25) is 10.0 Å². The molecule has 0 atom stereocenters. The Labute approximate surface area is 130 Å². The van der Waals surface area contributed by atoms with Crippen LogP contribution in [0.15, 0.2) is 47.4 Å². The van der Waals surface area contributed by atoms with Gasteiger partial charge in [-0.05, 0) is 62.4 Å². The molecule has 0 fully saturated rings. The van der Waals surface area contributed by atoms with Crippen LogP contribution >= 0.6 is 0 Å². The SMILES string of the molecule is CNS(=O)(=O)c1cccc(C(=O)Nc2cc(C)cc(C)c2)c1. The molecule has 2 N–H and O–H groups in total. The van der Waals surface area contributed by atoms with Gasteiger partial charge in [0.1, 0.15) is 0 Å². The molecule has 0 unspecified atom stereocenters. The highest BCUT2D eigenvalue weighted by Gasteiger charge is 2.14. The third kappa shape index (κ3) is 3.72. The lowest BCUT2D eigenvalue weighted by Crippen LogP contribution is -2.19. The van der Waals surface area contributed by atoms with Crippen molar-refractivity contribution in [2.24, 2.45) is 0 Å². The van der Waals surface area contributed by atoms with E-state index in [1.165, 1.54) is 19.2 Å². The molecular formula is C16H18N2O3S. The fourth-order valence-electron chi connectivity index (χ4n) is 2.17. The molecule has 0 aliphatic heterocycles. The van der Waals surface area contributed by atoms with E-state index in [0.29, 0.717) is 5.69 Å². The van der Waals surface area contributed by atoms with Crippen LogP contribution in [0, 0.1) is 13.8 Å². The predicted octanol–water partition coefficient (Wildman–Crippen LogP) is 2.46. The Hall–Kier alpha value is -2.18. The quantitative estimate of drug-likeness (QED) is 0.909. The summed E-state index contributed by atoms with van der Waals surface area (Å²) in [4.78, 5) is 12.3.